The van der Waals surface area contributed by atoms with Crippen molar-refractivity contribution in [1.29, 1.82) is 0 Å². The van der Waals surface area contributed by atoms with Gasteiger partial charge in [-0.1, -0.05) is 30.3 Å². The van der Waals surface area contributed by atoms with E-state index in [1.165, 1.54) is 0 Å². The Bertz CT molecular complexity index is 801. The molecule has 0 atom stereocenters. The van der Waals surface area contributed by atoms with Gasteiger partial charge < -0.3 is 10.1 Å². The number of benzene rings is 3. The van der Waals surface area contributed by atoms with E-state index in [4.69, 9.17) is 4.74 Å². The lowest BCUT2D eigenvalue weighted by atomic mass is 10.2. The van der Waals surface area contributed by atoms with Gasteiger partial charge in [0.1, 0.15) is 11.5 Å². The molecule has 0 heterocycles. The highest BCUT2D eigenvalue weighted by molar-refractivity contribution is 14.1. The fourth-order valence-electron chi connectivity index (χ4n) is 2.09. The summed E-state index contributed by atoms with van der Waals surface area (Å²) in [7, 11) is 0. The van der Waals surface area contributed by atoms with Crippen LogP contribution in [0.25, 0.3) is 0 Å². The summed E-state index contributed by atoms with van der Waals surface area (Å²) in [6, 6.07) is 24.3. The zero-order valence-electron chi connectivity index (χ0n) is 12.2. The van der Waals surface area contributed by atoms with E-state index in [0.717, 1.165) is 9.26 Å². The molecule has 1 N–H and O–H groups in total. The predicted molar refractivity (Wildman–Crippen MR) is 100 cm³/mol. The van der Waals surface area contributed by atoms with Crippen molar-refractivity contribution < 1.29 is 9.53 Å². The molecule has 3 aromatic carbocycles. The lowest BCUT2D eigenvalue weighted by molar-refractivity contribution is 0.102. The van der Waals surface area contributed by atoms with E-state index in [9.17, 15) is 4.79 Å². The van der Waals surface area contributed by atoms with Crippen molar-refractivity contribution >= 4 is 34.2 Å². The minimum Gasteiger partial charge on any atom is -0.457 e. The van der Waals surface area contributed by atoms with Crippen LogP contribution in [0.2, 0.25) is 0 Å². The SMILES string of the molecule is O=C(Nc1ccc(I)cc1)c1ccccc1Oc1ccccc1. The fraction of sp³-hybridized carbons (Fsp3) is 0. The van der Waals surface area contributed by atoms with Crippen molar-refractivity contribution in [1.82, 2.24) is 0 Å². The predicted octanol–water partition coefficient (Wildman–Crippen LogP) is 5.34. The van der Waals surface area contributed by atoms with E-state index >= 15 is 0 Å². The van der Waals surface area contributed by atoms with Crippen molar-refractivity contribution in [2.75, 3.05) is 5.32 Å². The number of hydrogen-bond acceptors (Lipinski definition) is 2. The van der Waals surface area contributed by atoms with E-state index < -0.39 is 0 Å². The van der Waals surface area contributed by atoms with Gasteiger partial charge in [-0.15, -0.1) is 0 Å². The first-order valence-electron chi connectivity index (χ1n) is 7.11. The molecule has 3 aromatic rings. The summed E-state index contributed by atoms with van der Waals surface area (Å²) in [6.07, 6.45) is 0. The number of carbonyl (C=O) groups excluding carboxylic acids is 1. The summed E-state index contributed by atoms with van der Waals surface area (Å²) >= 11 is 2.23. The number of para-hydroxylation sites is 2. The van der Waals surface area contributed by atoms with Crippen molar-refractivity contribution in [3.8, 4) is 11.5 Å². The molecule has 4 heteroatoms. The second-order valence-corrected chi connectivity index (χ2v) is 6.12. The molecule has 1 amide bonds. The molecule has 0 aliphatic carbocycles. The molecule has 0 unspecified atom stereocenters. The summed E-state index contributed by atoms with van der Waals surface area (Å²) in [6.45, 7) is 0. The second kappa shape index (κ2) is 7.28. The highest BCUT2D eigenvalue weighted by atomic mass is 127. The second-order valence-electron chi connectivity index (χ2n) is 4.87. The molecule has 0 saturated carbocycles. The molecular formula is C19H14INO2. The Labute approximate surface area is 148 Å². The Morgan fingerprint density at radius 2 is 1.48 bits per heavy atom. The van der Waals surface area contributed by atoms with Gasteiger partial charge in [0.2, 0.25) is 0 Å². The first-order valence-corrected chi connectivity index (χ1v) is 8.19. The number of ether oxygens (including phenoxy) is 1. The quantitative estimate of drug-likeness (QED) is 0.585. The van der Waals surface area contributed by atoms with E-state index in [1.54, 1.807) is 12.1 Å². The van der Waals surface area contributed by atoms with Crippen LogP contribution in [0.5, 0.6) is 11.5 Å². The summed E-state index contributed by atoms with van der Waals surface area (Å²) in [5.41, 5.74) is 1.25. The summed E-state index contributed by atoms with van der Waals surface area (Å²) in [5, 5.41) is 2.89. The smallest absolute Gasteiger partial charge is 0.259 e. The molecule has 0 bridgehead atoms. The largest absolute Gasteiger partial charge is 0.457 e. The minimum absolute atomic E-state index is 0.197. The first-order chi connectivity index (χ1) is 11.2. The van der Waals surface area contributed by atoms with Gasteiger partial charge in [-0.25, -0.2) is 0 Å². The maximum Gasteiger partial charge on any atom is 0.259 e. The number of halogens is 1. The monoisotopic (exact) mass is 415 g/mol. The molecule has 3 nitrogen and oxygen atoms in total. The minimum atomic E-state index is -0.197. The zero-order chi connectivity index (χ0) is 16.1. The van der Waals surface area contributed by atoms with Gasteiger partial charge in [0, 0.05) is 9.26 Å². The van der Waals surface area contributed by atoms with E-state index in [1.807, 2.05) is 66.7 Å². The van der Waals surface area contributed by atoms with Gasteiger partial charge >= 0.3 is 0 Å². The fourth-order valence-corrected chi connectivity index (χ4v) is 2.45. The average molecular weight is 415 g/mol. The van der Waals surface area contributed by atoms with Crippen LogP contribution in [0.3, 0.4) is 0 Å². The summed E-state index contributed by atoms with van der Waals surface area (Å²) in [5.74, 6) is 1.03. The van der Waals surface area contributed by atoms with Crippen LogP contribution < -0.4 is 10.1 Å². The van der Waals surface area contributed by atoms with Crippen LogP contribution in [-0.2, 0) is 0 Å². The number of rotatable bonds is 4. The van der Waals surface area contributed by atoms with Crippen molar-refractivity contribution in [3.63, 3.8) is 0 Å². The third-order valence-electron chi connectivity index (χ3n) is 3.20. The number of carbonyl (C=O) groups is 1. The average Bonchev–Trinajstić information content (AvgIpc) is 2.58. The maximum absolute atomic E-state index is 12.5. The molecule has 0 aliphatic heterocycles. The summed E-state index contributed by atoms with van der Waals surface area (Å²) in [4.78, 5) is 12.5. The van der Waals surface area contributed by atoms with Crippen LogP contribution in [-0.4, -0.2) is 5.91 Å². The van der Waals surface area contributed by atoms with Gasteiger partial charge in [0.15, 0.2) is 0 Å². The van der Waals surface area contributed by atoms with Gasteiger partial charge in [-0.05, 0) is 71.1 Å². The van der Waals surface area contributed by atoms with E-state index in [-0.39, 0.29) is 5.91 Å². The normalized spacial score (nSPS) is 10.1. The van der Waals surface area contributed by atoms with Gasteiger partial charge in [0.05, 0.1) is 5.56 Å². The third-order valence-corrected chi connectivity index (χ3v) is 3.92. The number of amides is 1. The number of hydrogen-bond donors (Lipinski definition) is 1. The van der Waals surface area contributed by atoms with Crippen molar-refractivity contribution in [2.45, 2.75) is 0 Å². The topological polar surface area (TPSA) is 38.3 Å². The molecule has 0 aliphatic rings. The lowest BCUT2D eigenvalue weighted by Crippen LogP contribution is -2.12. The first kappa shape index (κ1) is 15.6. The van der Waals surface area contributed by atoms with Crippen LogP contribution in [0.1, 0.15) is 10.4 Å². The molecule has 0 spiro atoms. The highest BCUT2D eigenvalue weighted by Gasteiger charge is 2.13. The molecule has 0 radical (unpaired) electrons. The highest BCUT2D eigenvalue weighted by Crippen LogP contribution is 2.25. The zero-order valence-corrected chi connectivity index (χ0v) is 14.4. The molecule has 0 saturated heterocycles. The summed E-state index contributed by atoms with van der Waals surface area (Å²) < 4.78 is 6.94. The van der Waals surface area contributed by atoms with Gasteiger partial charge in [-0.2, -0.15) is 0 Å². The Balaban J connectivity index is 1.82. The van der Waals surface area contributed by atoms with Crippen LogP contribution in [0.15, 0.2) is 78.9 Å². The lowest BCUT2D eigenvalue weighted by Gasteiger charge is -2.11. The number of nitrogens with one attached hydrogen (secondary N) is 1. The number of anilines is 1. The standard InChI is InChI=1S/C19H14INO2/c20-14-10-12-15(13-11-14)21-19(22)17-8-4-5-9-18(17)23-16-6-2-1-3-7-16/h1-13H,(H,21,22). The van der Waals surface area contributed by atoms with Crippen LogP contribution >= 0.6 is 22.6 Å². The molecule has 23 heavy (non-hydrogen) atoms. The molecular weight excluding hydrogens is 401 g/mol. The third kappa shape index (κ3) is 4.10. The Kier molecular flexibility index (Phi) is 4.92. The van der Waals surface area contributed by atoms with Crippen molar-refractivity contribution in [2.24, 2.45) is 0 Å². The van der Waals surface area contributed by atoms with E-state index in [0.29, 0.717) is 17.1 Å². The molecule has 114 valence electrons. The van der Waals surface area contributed by atoms with Gasteiger partial charge in [-0.3, -0.25) is 4.79 Å². The van der Waals surface area contributed by atoms with E-state index in [2.05, 4.69) is 27.9 Å². The Hall–Kier alpha value is -2.34. The molecule has 3 rings (SSSR count). The molecule has 0 aromatic heterocycles. The van der Waals surface area contributed by atoms with Crippen LogP contribution in [0, 0.1) is 3.57 Å². The Morgan fingerprint density at radius 1 is 0.826 bits per heavy atom. The van der Waals surface area contributed by atoms with Crippen molar-refractivity contribution in [3.05, 3.63) is 88.0 Å². The van der Waals surface area contributed by atoms with Crippen LogP contribution in [0.4, 0.5) is 5.69 Å². The Morgan fingerprint density at radius 3 is 2.22 bits per heavy atom. The molecule has 0 fully saturated rings. The maximum atomic E-state index is 12.5. The van der Waals surface area contributed by atoms with Gasteiger partial charge in [0.25, 0.3) is 5.91 Å².